The number of ether oxygens (including phenoxy) is 2. The molecule has 136 valence electrons. The number of halogens is 1. The zero-order valence-corrected chi connectivity index (χ0v) is 14.9. The Morgan fingerprint density at radius 3 is 2.70 bits per heavy atom. The van der Waals surface area contributed by atoms with Crippen LogP contribution in [-0.2, 0) is 0 Å². The van der Waals surface area contributed by atoms with Gasteiger partial charge in [0.05, 0.1) is 0 Å². The van der Waals surface area contributed by atoms with Gasteiger partial charge in [-0.2, -0.15) is 0 Å². The van der Waals surface area contributed by atoms with Gasteiger partial charge in [-0.15, -0.1) is 0 Å². The third kappa shape index (κ3) is 4.09. The molecule has 0 spiro atoms. The maximum Gasteiger partial charge on any atom is 0.274 e. The molecular weight excluding hydrogens is 368 g/mol. The first-order valence-electron chi connectivity index (χ1n) is 8.24. The number of hydrogen-bond donors (Lipinski definition) is 2. The summed E-state index contributed by atoms with van der Waals surface area (Å²) in [5, 5.41) is 6.35. The molecule has 2 N–H and O–H groups in total. The number of fused-ring (bicyclic) bond motifs is 1. The predicted molar refractivity (Wildman–Crippen MR) is 102 cm³/mol. The molecule has 2 heterocycles. The summed E-state index contributed by atoms with van der Waals surface area (Å²) in [6.45, 7) is 1.04. The van der Waals surface area contributed by atoms with Crippen molar-refractivity contribution < 1.29 is 14.3 Å². The fourth-order valence-corrected chi connectivity index (χ4v) is 2.75. The van der Waals surface area contributed by atoms with Crippen molar-refractivity contribution in [2.45, 2.75) is 0 Å². The Kier molecular flexibility index (Phi) is 4.76. The highest BCUT2D eigenvalue weighted by Crippen LogP contribution is 2.33. The molecule has 1 aliphatic heterocycles. The van der Waals surface area contributed by atoms with E-state index < -0.39 is 0 Å². The van der Waals surface area contributed by atoms with E-state index in [4.69, 9.17) is 21.1 Å². The van der Waals surface area contributed by atoms with Crippen molar-refractivity contribution in [1.82, 2.24) is 9.97 Å². The number of anilines is 3. The molecule has 1 amide bonds. The van der Waals surface area contributed by atoms with Crippen molar-refractivity contribution in [1.29, 1.82) is 0 Å². The van der Waals surface area contributed by atoms with Crippen LogP contribution < -0.4 is 20.1 Å². The van der Waals surface area contributed by atoms with Gasteiger partial charge in [0.25, 0.3) is 5.91 Å². The summed E-state index contributed by atoms with van der Waals surface area (Å²) in [6, 6.07) is 13.9. The average molecular weight is 383 g/mol. The van der Waals surface area contributed by atoms with Crippen molar-refractivity contribution >= 4 is 34.8 Å². The lowest BCUT2D eigenvalue weighted by Crippen LogP contribution is -2.15. The molecule has 0 radical (unpaired) electrons. The Bertz CT molecular complexity index is 996. The zero-order valence-electron chi connectivity index (χ0n) is 14.1. The first-order chi connectivity index (χ1) is 13.2. The minimum Gasteiger partial charge on any atom is -0.486 e. The number of carbonyl (C=O) groups is 1. The molecule has 4 rings (SSSR count). The molecular formula is C19H15ClN4O3. The summed E-state index contributed by atoms with van der Waals surface area (Å²) in [6.07, 6.45) is 1.51. The molecule has 0 saturated carbocycles. The highest BCUT2D eigenvalue weighted by Gasteiger charge is 2.13. The van der Waals surface area contributed by atoms with E-state index in [0.29, 0.717) is 41.4 Å². The highest BCUT2D eigenvalue weighted by atomic mass is 35.5. The van der Waals surface area contributed by atoms with Crippen LogP contribution in [-0.4, -0.2) is 29.1 Å². The predicted octanol–water partition coefficient (Wildman–Crippen LogP) is 3.90. The third-order valence-corrected chi connectivity index (χ3v) is 4.00. The normalized spacial score (nSPS) is 12.3. The van der Waals surface area contributed by atoms with Crippen LogP contribution in [0, 0.1) is 0 Å². The van der Waals surface area contributed by atoms with Crippen molar-refractivity contribution in [2.24, 2.45) is 0 Å². The molecule has 2 aromatic carbocycles. The van der Waals surface area contributed by atoms with E-state index in [9.17, 15) is 4.79 Å². The number of benzene rings is 2. The lowest BCUT2D eigenvalue weighted by atomic mass is 10.2. The first kappa shape index (κ1) is 17.1. The molecule has 0 bridgehead atoms. The molecule has 0 saturated heterocycles. The van der Waals surface area contributed by atoms with Gasteiger partial charge in [0.2, 0.25) is 5.95 Å². The van der Waals surface area contributed by atoms with Crippen LogP contribution in [0.25, 0.3) is 0 Å². The highest BCUT2D eigenvalue weighted by molar-refractivity contribution is 6.30. The molecule has 0 aliphatic carbocycles. The molecule has 27 heavy (non-hydrogen) atoms. The maximum absolute atomic E-state index is 12.4. The minimum absolute atomic E-state index is 0.227. The molecule has 1 aromatic heterocycles. The molecule has 8 heteroatoms. The molecule has 7 nitrogen and oxygen atoms in total. The second-order valence-corrected chi connectivity index (χ2v) is 6.15. The topological polar surface area (TPSA) is 85.4 Å². The van der Waals surface area contributed by atoms with E-state index in [1.165, 1.54) is 12.3 Å². The molecule has 0 atom stereocenters. The Labute approximate surface area is 160 Å². The van der Waals surface area contributed by atoms with Crippen molar-refractivity contribution in [3.63, 3.8) is 0 Å². The van der Waals surface area contributed by atoms with Crippen LogP contribution in [0.2, 0.25) is 5.02 Å². The Morgan fingerprint density at radius 1 is 1.00 bits per heavy atom. The second kappa shape index (κ2) is 7.51. The SMILES string of the molecule is O=C(Nc1cccc(Cl)c1)c1ccnc(Nc2ccc3c(c2)OCCO3)n1. The lowest BCUT2D eigenvalue weighted by Gasteiger charge is -2.19. The van der Waals surface area contributed by atoms with Crippen LogP contribution in [0.3, 0.4) is 0 Å². The summed E-state index contributed by atoms with van der Waals surface area (Å²) in [5.74, 6) is 1.29. The average Bonchev–Trinajstić information content (AvgIpc) is 2.68. The Balaban J connectivity index is 1.49. The fraction of sp³-hybridized carbons (Fsp3) is 0.105. The van der Waals surface area contributed by atoms with Crippen molar-refractivity contribution in [2.75, 3.05) is 23.8 Å². The Morgan fingerprint density at radius 2 is 1.85 bits per heavy atom. The summed E-state index contributed by atoms with van der Waals surface area (Å²) in [4.78, 5) is 20.8. The van der Waals surface area contributed by atoms with Gasteiger partial charge in [-0.05, 0) is 36.4 Å². The molecule has 1 aliphatic rings. The number of aromatic nitrogens is 2. The number of nitrogens with one attached hydrogen (secondary N) is 2. The summed E-state index contributed by atoms with van der Waals surface area (Å²) >= 11 is 5.93. The number of rotatable bonds is 4. The van der Waals surface area contributed by atoms with E-state index in [2.05, 4.69) is 20.6 Å². The summed E-state index contributed by atoms with van der Waals surface area (Å²) in [5.41, 5.74) is 1.55. The first-order valence-corrected chi connectivity index (χ1v) is 8.62. The van der Waals surface area contributed by atoms with Crippen LogP contribution in [0.4, 0.5) is 17.3 Å². The van der Waals surface area contributed by atoms with Crippen molar-refractivity contribution in [3.05, 3.63) is 65.4 Å². The van der Waals surface area contributed by atoms with Gasteiger partial charge in [0, 0.05) is 28.7 Å². The van der Waals surface area contributed by atoms with Gasteiger partial charge in [0.15, 0.2) is 11.5 Å². The zero-order chi connectivity index (χ0) is 18.6. The largest absolute Gasteiger partial charge is 0.486 e. The van der Waals surface area contributed by atoms with Crippen LogP contribution >= 0.6 is 11.6 Å². The quantitative estimate of drug-likeness (QED) is 0.711. The van der Waals surface area contributed by atoms with E-state index in [0.717, 1.165) is 5.69 Å². The van der Waals surface area contributed by atoms with Gasteiger partial charge < -0.3 is 20.1 Å². The fourth-order valence-electron chi connectivity index (χ4n) is 2.56. The molecule has 0 unspecified atom stereocenters. The van der Waals surface area contributed by atoms with Crippen LogP contribution in [0.1, 0.15) is 10.5 Å². The number of amides is 1. The monoisotopic (exact) mass is 382 g/mol. The minimum atomic E-state index is -0.357. The van der Waals surface area contributed by atoms with Gasteiger partial charge >= 0.3 is 0 Å². The van der Waals surface area contributed by atoms with E-state index in [1.807, 2.05) is 12.1 Å². The molecule has 3 aromatic rings. The maximum atomic E-state index is 12.4. The Hall–Kier alpha value is -3.32. The smallest absolute Gasteiger partial charge is 0.274 e. The van der Waals surface area contributed by atoms with Gasteiger partial charge in [-0.1, -0.05) is 17.7 Å². The standard InChI is InChI=1S/C19H15ClN4O3/c20-12-2-1-3-13(10-12)22-18(25)15-6-7-21-19(24-15)23-14-4-5-16-17(11-14)27-9-8-26-16/h1-7,10-11H,8-9H2,(H,22,25)(H,21,23,24). The van der Waals surface area contributed by atoms with E-state index >= 15 is 0 Å². The third-order valence-electron chi connectivity index (χ3n) is 3.77. The summed E-state index contributed by atoms with van der Waals surface area (Å²) < 4.78 is 11.1. The number of nitrogens with zero attached hydrogens (tertiary/aromatic N) is 2. The van der Waals surface area contributed by atoms with Gasteiger partial charge in [-0.3, -0.25) is 4.79 Å². The van der Waals surface area contributed by atoms with Gasteiger partial charge in [0.1, 0.15) is 18.9 Å². The number of hydrogen-bond acceptors (Lipinski definition) is 6. The van der Waals surface area contributed by atoms with Gasteiger partial charge in [-0.25, -0.2) is 9.97 Å². The van der Waals surface area contributed by atoms with Crippen LogP contribution in [0.5, 0.6) is 11.5 Å². The van der Waals surface area contributed by atoms with E-state index in [-0.39, 0.29) is 11.6 Å². The second-order valence-electron chi connectivity index (χ2n) is 5.71. The summed E-state index contributed by atoms with van der Waals surface area (Å²) in [7, 11) is 0. The number of carbonyl (C=O) groups excluding carboxylic acids is 1. The van der Waals surface area contributed by atoms with E-state index in [1.54, 1.807) is 30.3 Å². The van der Waals surface area contributed by atoms with Crippen LogP contribution in [0.15, 0.2) is 54.7 Å². The lowest BCUT2D eigenvalue weighted by molar-refractivity contribution is 0.102. The van der Waals surface area contributed by atoms with Crippen molar-refractivity contribution in [3.8, 4) is 11.5 Å². The molecule has 0 fully saturated rings.